The van der Waals surface area contributed by atoms with Crippen LogP contribution in [0.15, 0.2) is 84.4 Å². The molecule has 2 amide bonds. The van der Waals surface area contributed by atoms with E-state index in [0.29, 0.717) is 16.9 Å². The second-order valence-corrected chi connectivity index (χ2v) is 7.28. The SMILES string of the molecule is CC(=O)Nc1ccc(N2C(=O)C(=O)C(=C(O)c3ccccc3)[C@H]2c2ccccc2F)cc1. The molecule has 0 unspecified atom stereocenters. The quantitative estimate of drug-likeness (QED) is 0.365. The largest absolute Gasteiger partial charge is 0.507 e. The second-order valence-electron chi connectivity index (χ2n) is 7.28. The van der Waals surface area contributed by atoms with Crippen molar-refractivity contribution in [1.82, 2.24) is 0 Å². The molecule has 1 atom stereocenters. The minimum Gasteiger partial charge on any atom is -0.507 e. The van der Waals surface area contributed by atoms with Crippen molar-refractivity contribution in [2.45, 2.75) is 13.0 Å². The monoisotopic (exact) mass is 430 g/mol. The van der Waals surface area contributed by atoms with Crippen LogP contribution in [0.5, 0.6) is 0 Å². The average Bonchev–Trinajstić information content (AvgIpc) is 3.05. The molecule has 0 aliphatic carbocycles. The van der Waals surface area contributed by atoms with Gasteiger partial charge in [0.2, 0.25) is 5.91 Å². The molecular formula is C25H19FN2O4. The lowest BCUT2D eigenvalue weighted by Gasteiger charge is -2.26. The van der Waals surface area contributed by atoms with Crippen LogP contribution < -0.4 is 10.2 Å². The summed E-state index contributed by atoms with van der Waals surface area (Å²) in [4.78, 5) is 38.5. The highest BCUT2D eigenvalue weighted by molar-refractivity contribution is 6.51. The van der Waals surface area contributed by atoms with Gasteiger partial charge in [-0.2, -0.15) is 0 Å². The van der Waals surface area contributed by atoms with E-state index in [1.54, 1.807) is 60.7 Å². The molecular weight excluding hydrogens is 411 g/mol. The number of hydrogen-bond acceptors (Lipinski definition) is 4. The molecule has 1 saturated heterocycles. The lowest BCUT2D eigenvalue weighted by atomic mass is 9.94. The number of hydrogen-bond donors (Lipinski definition) is 2. The molecule has 0 bridgehead atoms. The van der Waals surface area contributed by atoms with Crippen molar-refractivity contribution in [2.75, 3.05) is 10.2 Å². The molecule has 1 heterocycles. The number of benzene rings is 3. The molecule has 6 nitrogen and oxygen atoms in total. The smallest absolute Gasteiger partial charge is 0.300 e. The summed E-state index contributed by atoms with van der Waals surface area (Å²) in [5.41, 5.74) is 1.05. The summed E-state index contributed by atoms with van der Waals surface area (Å²) in [6.45, 7) is 1.37. The number of aliphatic hydroxyl groups is 1. The minimum absolute atomic E-state index is 0.0788. The van der Waals surface area contributed by atoms with Crippen LogP contribution in [0.3, 0.4) is 0 Å². The van der Waals surface area contributed by atoms with Gasteiger partial charge < -0.3 is 10.4 Å². The maximum atomic E-state index is 14.8. The number of carbonyl (C=O) groups is 3. The molecule has 1 aliphatic rings. The first kappa shape index (κ1) is 21.0. The number of anilines is 2. The Morgan fingerprint density at radius 3 is 2.19 bits per heavy atom. The van der Waals surface area contributed by atoms with Gasteiger partial charge in [-0.15, -0.1) is 0 Å². The van der Waals surface area contributed by atoms with E-state index in [0.717, 1.165) is 4.90 Å². The lowest BCUT2D eigenvalue weighted by Crippen LogP contribution is -2.29. The molecule has 0 spiro atoms. The van der Waals surface area contributed by atoms with Gasteiger partial charge in [-0.25, -0.2) is 4.39 Å². The van der Waals surface area contributed by atoms with E-state index in [9.17, 15) is 23.9 Å². The first-order valence-electron chi connectivity index (χ1n) is 9.87. The molecule has 4 rings (SSSR count). The highest BCUT2D eigenvalue weighted by Crippen LogP contribution is 2.43. The number of rotatable bonds is 4. The summed E-state index contributed by atoms with van der Waals surface area (Å²) < 4.78 is 14.8. The topological polar surface area (TPSA) is 86.7 Å². The van der Waals surface area contributed by atoms with Crippen LogP contribution >= 0.6 is 0 Å². The van der Waals surface area contributed by atoms with Gasteiger partial charge in [-0.05, 0) is 30.3 Å². The van der Waals surface area contributed by atoms with E-state index in [-0.39, 0.29) is 22.8 Å². The summed E-state index contributed by atoms with van der Waals surface area (Å²) >= 11 is 0. The predicted octanol–water partition coefficient (Wildman–Crippen LogP) is 4.41. The van der Waals surface area contributed by atoms with Crippen LogP contribution in [-0.2, 0) is 14.4 Å². The van der Waals surface area contributed by atoms with Crippen LogP contribution in [0.1, 0.15) is 24.1 Å². The molecule has 0 aromatic heterocycles. The van der Waals surface area contributed by atoms with Crippen LogP contribution in [-0.4, -0.2) is 22.7 Å². The zero-order valence-corrected chi connectivity index (χ0v) is 17.1. The number of nitrogens with one attached hydrogen (secondary N) is 1. The van der Waals surface area contributed by atoms with E-state index >= 15 is 0 Å². The van der Waals surface area contributed by atoms with Gasteiger partial charge in [-0.3, -0.25) is 19.3 Å². The molecule has 2 N–H and O–H groups in total. The van der Waals surface area contributed by atoms with Gasteiger partial charge in [-0.1, -0.05) is 48.5 Å². The Kier molecular flexibility index (Phi) is 5.55. The maximum absolute atomic E-state index is 14.8. The van der Waals surface area contributed by atoms with Gasteiger partial charge >= 0.3 is 0 Å². The fourth-order valence-electron chi connectivity index (χ4n) is 3.75. The Balaban J connectivity index is 1.89. The van der Waals surface area contributed by atoms with Crippen molar-refractivity contribution >= 4 is 34.7 Å². The Morgan fingerprint density at radius 2 is 1.56 bits per heavy atom. The van der Waals surface area contributed by atoms with Crippen molar-refractivity contribution in [1.29, 1.82) is 0 Å². The fourth-order valence-corrected chi connectivity index (χ4v) is 3.75. The summed E-state index contributed by atoms with van der Waals surface area (Å²) in [7, 11) is 0. The first-order valence-corrected chi connectivity index (χ1v) is 9.87. The number of halogens is 1. The predicted molar refractivity (Wildman–Crippen MR) is 118 cm³/mol. The molecule has 3 aromatic rings. The maximum Gasteiger partial charge on any atom is 0.300 e. The van der Waals surface area contributed by atoms with Gasteiger partial charge in [0, 0.05) is 29.4 Å². The summed E-state index contributed by atoms with van der Waals surface area (Å²) in [6.07, 6.45) is 0. The molecule has 32 heavy (non-hydrogen) atoms. The molecule has 1 aliphatic heterocycles. The number of ketones is 1. The van der Waals surface area contributed by atoms with Crippen molar-refractivity contribution in [3.8, 4) is 0 Å². The fraction of sp³-hybridized carbons (Fsp3) is 0.0800. The number of Topliss-reactive ketones (excluding diaryl/α,β-unsaturated/α-hetero) is 1. The molecule has 1 fully saturated rings. The van der Waals surface area contributed by atoms with E-state index in [2.05, 4.69) is 5.32 Å². The standard InChI is InChI=1S/C25H19FN2O4/c1-15(29)27-17-11-13-18(14-12-17)28-22(19-9-5-6-10-20(19)26)21(24(31)25(28)32)23(30)16-7-3-2-4-8-16/h2-14,22,30H,1H3,(H,27,29)/t22-/m1/s1. The summed E-state index contributed by atoms with van der Waals surface area (Å²) in [5, 5.41) is 13.6. The van der Waals surface area contributed by atoms with E-state index < -0.39 is 23.5 Å². The van der Waals surface area contributed by atoms with Crippen molar-refractivity contribution in [3.05, 3.63) is 101 Å². The highest BCUT2D eigenvalue weighted by Gasteiger charge is 2.47. The molecule has 3 aromatic carbocycles. The van der Waals surface area contributed by atoms with Gasteiger partial charge in [0.1, 0.15) is 11.6 Å². The third kappa shape index (κ3) is 3.76. The average molecular weight is 430 g/mol. The lowest BCUT2D eigenvalue weighted by molar-refractivity contribution is -0.132. The van der Waals surface area contributed by atoms with E-state index in [1.165, 1.54) is 25.1 Å². The summed E-state index contributed by atoms with van der Waals surface area (Å²) in [5.74, 6) is -3.05. The van der Waals surface area contributed by atoms with Gasteiger partial charge in [0.05, 0.1) is 11.6 Å². The number of nitrogens with zero attached hydrogens (tertiary/aromatic N) is 1. The van der Waals surface area contributed by atoms with Crippen molar-refractivity contribution in [2.24, 2.45) is 0 Å². The minimum atomic E-state index is -1.16. The highest BCUT2D eigenvalue weighted by atomic mass is 19.1. The van der Waals surface area contributed by atoms with Gasteiger partial charge in [0.15, 0.2) is 0 Å². The Hall–Kier alpha value is -4.26. The van der Waals surface area contributed by atoms with Crippen LogP contribution in [0.2, 0.25) is 0 Å². The zero-order chi connectivity index (χ0) is 22.8. The Labute approximate surface area is 183 Å². The Morgan fingerprint density at radius 1 is 0.938 bits per heavy atom. The zero-order valence-electron chi connectivity index (χ0n) is 17.1. The number of carbonyl (C=O) groups excluding carboxylic acids is 3. The Bertz CT molecular complexity index is 1240. The number of amides is 2. The molecule has 160 valence electrons. The number of aliphatic hydroxyl groups excluding tert-OH is 1. The van der Waals surface area contributed by atoms with Crippen LogP contribution in [0.4, 0.5) is 15.8 Å². The first-order chi connectivity index (χ1) is 15.4. The van der Waals surface area contributed by atoms with E-state index in [4.69, 9.17) is 0 Å². The van der Waals surface area contributed by atoms with Crippen LogP contribution in [0.25, 0.3) is 5.76 Å². The normalized spacial score (nSPS) is 17.4. The third-order valence-electron chi connectivity index (χ3n) is 5.16. The van der Waals surface area contributed by atoms with Crippen molar-refractivity contribution in [3.63, 3.8) is 0 Å². The van der Waals surface area contributed by atoms with E-state index in [1.807, 2.05) is 0 Å². The summed E-state index contributed by atoms with van der Waals surface area (Å²) in [6, 6.07) is 19.2. The molecule has 0 radical (unpaired) electrons. The third-order valence-corrected chi connectivity index (χ3v) is 5.16. The molecule has 7 heteroatoms. The second kappa shape index (κ2) is 8.47. The van der Waals surface area contributed by atoms with Crippen LogP contribution in [0, 0.1) is 5.82 Å². The van der Waals surface area contributed by atoms with Gasteiger partial charge in [0.25, 0.3) is 11.7 Å². The van der Waals surface area contributed by atoms with Crippen molar-refractivity contribution < 1.29 is 23.9 Å². The molecule has 0 saturated carbocycles.